The Hall–Kier alpha value is -2.36. The predicted octanol–water partition coefficient (Wildman–Crippen LogP) is 1.04. The number of hydrogen-bond donors (Lipinski definition) is 4. The molecule has 9 heteroatoms. The van der Waals surface area contributed by atoms with E-state index in [9.17, 15) is 24.6 Å². The highest BCUT2D eigenvalue weighted by Gasteiger charge is 2.68. The van der Waals surface area contributed by atoms with Crippen LogP contribution in [0.2, 0.25) is 0 Å². The third-order valence-corrected chi connectivity index (χ3v) is 7.76. The van der Waals surface area contributed by atoms with Crippen LogP contribution in [0.15, 0.2) is 41.6 Å². The van der Waals surface area contributed by atoms with E-state index in [1.807, 2.05) is 13.0 Å². The molecule has 0 saturated carbocycles. The van der Waals surface area contributed by atoms with Crippen molar-refractivity contribution in [3.63, 3.8) is 0 Å². The van der Waals surface area contributed by atoms with E-state index in [1.165, 1.54) is 23.6 Å². The number of carboxylic acid groups (broad SMARTS) is 1. The molecule has 4 unspecified atom stereocenters. The average Bonchev–Trinajstić information content (AvgIpc) is 3.25. The van der Waals surface area contributed by atoms with Crippen molar-refractivity contribution in [1.82, 2.24) is 10.2 Å². The van der Waals surface area contributed by atoms with Gasteiger partial charge in [-0.2, -0.15) is 0 Å². The number of carbonyl (C=O) groups excluding carboxylic acids is 2. The lowest BCUT2D eigenvalue weighted by atomic mass is 9.77. The molecule has 1 aromatic carbocycles. The van der Waals surface area contributed by atoms with Crippen molar-refractivity contribution >= 4 is 35.2 Å². The minimum absolute atomic E-state index is 0.0808. The summed E-state index contributed by atoms with van der Waals surface area (Å²) in [7, 11) is 0. The number of aliphatic carboxylic acids is 1. The number of carboxylic acids is 1. The highest BCUT2D eigenvalue weighted by molar-refractivity contribution is 8.01. The van der Waals surface area contributed by atoms with E-state index in [0.717, 1.165) is 19.5 Å². The molecule has 0 spiro atoms. The number of para-hydroxylation sites is 1. The zero-order chi connectivity index (χ0) is 21.6. The fourth-order valence-electron chi connectivity index (χ4n) is 4.78. The Labute approximate surface area is 178 Å². The molecule has 3 heterocycles. The van der Waals surface area contributed by atoms with Crippen LogP contribution in [-0.2, 0) is 14.4 Å². The molecule has 1 aromatic rings. The van der Waals surface area contributed by atoms with Crippen molar-refractivity contribution in [1.29, 1.82) is 0 Å². The Morgan fingerprint density at radius 2 is 2.03 bits per heavy atom. The summed E-state index contributed by atoms with van der Waals surface area (Å²) in [5.74, 6) is -3.05. The number of nitrogens with one attached hydrogen (secondary N) is 2. The number of amides is 2. The normalized spacial score (nSPS) is 31.4. The van der Waals surface area contributed by atoms with Crippen LogP contribution < -0.4 is 10.6 Å². The maximum absolute atomic E-state index is 13.4. The van der Waals surface area contributed by atoms with Gasteiger partial charge in [0.2, 0.25) is 5.91 Å². The van der Waals surface area contributed by atoms with Crippen LogP contribution in [0.5, 0.6) is 0 Å². The minimum atomic E-state index is -1.32. The molecule has 0 aromatic heterocycles. The Morgan fingerprint density at radius 3 is 2.60 bits per heavy atom. The molecule has 160 valence electrons. The number of rotatable bonds is 6. The Bertz CT molecular complexity index is 912. The molecule has 0 aliphatic carbocycles. The maximum Gasteiger partial charge on any atom is 0.353 e. The SMILES string of the molecule is CC(O)C1C(=O)N2C(C(=O)O)=C(C(=O)Nc3ccccc3)C(C)(SC3CCNC3)[C@H]12. The summed E-state index contributed by atoms with van der Waals surface area (Å²) in [6, 6.07) is 8.22. The zero-order valence-corrected chi connectivity index (χ0v) is 17.6. The molecule has 2 fully saturated rings. The number of benzene rings is 1. The fraction of sp³-hybridized carbons (Fsp3) is 0.476. The molecule has 4 rings (SSSR count). The maximum atomic E-state index is 13.4. The van der Waals surface area contributed by atoms with E-state index in [1.54, 1.807) is 24.3 Å². The van der Waals surface area contributed by atoms with Gasteiger partial charge in [0.15, 0.2) is 0 Å². The second-order valence-corrected chi connectivity index (χ2v) is 9.86. The van der Waals surface area contributed by atoms with Crippen LogP contribution in [0.25, 0.3) is 0 Å². The monoisotopic (exact) mass is 431 g/mol. The van der Waals surface area contributed by atoms with E-state index >= 15 is 0 Å². The van der Waals surface area contributed by atoms with Gasteiger partial charge in [0.1, 0.15) is 5.70 Å². The van der Waals surface area contributed by atoms with Crippen LogP contribution in [0.4, 0.5) is 5.69 Å². The van der Waals surface area contributed by atoms with Gasteiger partial charge in [0.05, 0.1) is 28.4 Å². The van der Waals surface area contributed by atoms with Crippen LogP contribution in [0.1, 0.15) is 20.3 Å². The molecule has 30 heavy (non-hydrogen) atoms. The molecular formula is C21H25N3O5S. The minimum Gasteiger partial charge on any atom is -0.477 e. The first-order chi connectivity index (χ1) is 14.3. The van der Waals surface area contributed by atoms with Gasteiger partial charge in [-0.3, -0.25) is 14.5 Å². The lowest BCUT2D eigenvalue weighted by molar-refractivity contribution is -0.162. The van der Waals surface area contributed by atoms with Gasteiger partial charge in [-0.05, 0) is 38.9 Å². The fourth-order valence-corrected chi connectivity index (χ4v) is 6.61. The molecule has 2 amide bonds. The van der Waals surface area contributed by atoms with Crippen LogP contribution in [-0.4, -0.2) is 68.1 Å². The quantitative estimate of drug-likeness (QED) is 0.497. The summed E-state index contributed by atoms with van der Waals surface area (Å²) in [6.07, 6.45) is -0.0528. The van der Waals surface area contributed by atoms with Gasteiger partial charge in [-0.25, -0.2) is 4.79 Å². The van der Waals surface area contributed by atoms with E-state index < -0.39 is 40.6 Å². The Kier molecular flexibility index (Phi) is 5.37. The number of carbonyl (C=O) groups is 3. The molecular weight excluding hydrogens is 406 g/mol. The van der Waals surface area contributed by atoms with E-state index in [2.05, 4.69) is 10.6 Å². The smallest absolute Gasteiger partial charge is 0.353 e. The molecule has 3 aliphatic rings. The summed E-state index contributed by atoms with van der Waals surface area (Å²) in [6.45, 7) is 4.95. The van der Waals surface area contributed by atoms with Crippen molar-refractivity contribution in [3.8, 4) is 0 Å². The van der Waals surface area contributed by atoms with Gasteiger partial charge in [-0.15, -0.1) is 11.8 Å². The molecule has 0 radical (unpaired) electrons. The second kappa shape index (κ2) is 7.72. The molecule has 3 aliphatic heterocycles. The number of anilines is 1. The van der Waals surface area contributed by atoms with Crippen molar-refractivity contribution in [2.24, 2.45) is 5.92 Å². The number of hydrogen-bond acceptors (Lipinski definition) is 6. The summed E-state index contributed by atoms with van der Waals surface area (Å²) in [5.41, 5.74) is 0.343. The van der Waals surface area contributed by atoms with Crippen LogP contribution >= 0.6 is 11.8 Å². The molecule has 0 bridgehead atoms. The van der Waals surface area contributed by atoms with E-state index in [4.69, 9.17) is 0 Å². The first-order valence-electron chi connectivity index (χ1n) is 10.00. The number of aliphatic hydroxyl groups excluding tert-OH is 1. The molecule has 8 nitrogen and oxygen atoms in total. The van der Waals surface area contributed by atoms with Gasteiger partial charge in [0, 0.05) is 17.5 Å². The largest absolute Gasteiger partial charge is 0.477 e. The van der Waals surface area contributed by atoms with Gasteiger partial charge in [-0.1, -0.05) is 18.2 Å². The number of aliphatic hydroxyl groups is 1. The van der Waals surface area contributed by atoms with Gasteiger partial charge < -0.3 is 20.8 Å². The van der Waals surface area contributed by atoms with E-state index in [0.29, 0.717) is 5.69 Å². The van der Waals surface area contributed by atoms with Crippen molar-refractivity contribution in [3.05, 3.63) is 41.6 Å². The third-order valence-electron chi connectivity index (χ3n) is 6.09. The van der Waals surface area contributed by atoms with Crippen LogP contribution in [0, 0.1) is 5.92 Å². The van der Waals surface area contributed by atoms with Gasteiger partial charge in [0.25, 0.3) is 5.91 Å². The van der Waals surface area contributed by atoms with Crippen LogP contribution in [0.3, 0.4) is 0 Å². The van der Waals surface area contributed by atoms with E-state index in [-0.39, 0.29) is 16.5 Å². The summed E-state index contributed by atoms with van der Waals surface area (Å²) >= 11 is 1.52. The van der Waals surface area contributed by atoms with Crippen molar-refractivity contribution in [2.75, 3.05) is 18.4 Å². The first kappa shape index (κ1) is 20.9. The predicted molar refractivity (Wildman–Crippen MR) is 113 cm³/mol. The topological polar surface area (TPSA) is 119 Å². The highest BCUT2D eigenvalue weighted by atomic mass is 32.2. The van der Waals surface area contributed by atoms with Crippen molar-refractivity contribution in [2.45, 2.75) is 42.4 Å². The second-order valence-electron chi connectivity index (χ2n) is 8.11. The molecule has 5 atom stereocenters. The summed E-state index contributed by atoms with van der Waals surface area (Å²) in [4.78, 5) is 39.5. The first-order valence-corrected chi connectivity index (χ1v) is 10.9. The standard InChI is InChI=1S/C21H25N3O5S/c1-11(25)14-17-21(2,30-13-8-9-22-10-13)15(16(20(28)29)24(17)19(14)27)18(26)23-12-6-4-3-5-7-12/h3-7,11,13-14,17,22,25H,8-10H2,1-2H3,(H,23,26)(H,28,29)/t11?,13?,14?,17-,21?/m0/s1. The Morgan fingerprint density at radius 1 is 1.33 bits per heavy atom. The van der Waals surface area contributed by atoms with Gasteiger partial charge >= 0.3 is 5.97 Å². The Balaban J connectivity index is 1.78. The highest BCUT2D eigenvalue weighted by Crippen LogP contribution is 2.56. The molecule has 2 saturated heterocycles. The summed E-state index contributed by atoms with van der Waals surface area (Å²) < 4.78 is -0.959. The number of nitrogens with zero attached hydrogens (tertiary/aromatic N) is 1. The zero-order valence-electron chi connectivity index (χ0n) is 16.8. The van der Waals surface area contributed by atoms with Crippen molar-refractivity contribution < 1.29 is 24.6 Å². The lowest BCUT2D eigenvalue weighted by Crippen LogP contribution is -2.67. The number of thioether (sulfide) groups is 1. The number of fused-ring (bicyclic) bond motifs is 1. The summed E-state index contributed by atoms with van der Waals surface area (Å²) in [5, 5.41) is 26.4. The lowest BCUT2D eigenvalue weighted by Gasteiger charge is -2.50. The number of β-lactam (4-membered cyclic amide) rings is 1. The average molecular weight is 432 g/mol. The molecule has 4 N–H and O–H groups in total. The third kappa shape index (κ3) is 3.21.